The Labute approximate surface area is 194 Å². The third-order valence-corrected chi connectivity index (χ3v) is 7.37. The van der Waals surface area contributed by atoms with Crippen LogP contribution in [-0.4, -0.2) is 54.4 Å². The lowest BCUT2D eigenvalue weighted by Gasteiger charge is -2.32. The molecule has 0 saturated carbocycles. The van der Waals surface area contributed by atoms with Gasteiger partial charge in [0, 0.05) is 54.7 Å². The van der Waals surface area contributed by atoms with Crippen LogP contribution in [0.4, 0.5) is 10.1 Å². The van der Waals surface area contributed by atoms with Crippen molar-refractivity contribution in [1.29, 1.82) is 0 Å². The number of nitrogens with zero attached hydrogens (tertiary/aromatic N) is 2. The molecule has 2 saturated heterocycles. The molecule has 2 bridgehead atoms. The molecule has 2 aromatic carbocycles. The Morgan fingerprint density at radius 2 is 1.85 bits per heavy atom. The number of fused-ring (bicyclic) bond motifs is 3. The number of hydrogen-bond donors (Lipinski definition) is 1. The predicted molar refractivity (Wildman–Crippen MR) is 127 cm³/mol. The van der Waals surface area contributed by atoms with Crippen molar-refractivity contribution in [2.24, 2.45) is 16.8 Å². The number of nitrogens with one attached hydrogen (secondary N) is 1. The summed E-state index contributed by atoms with van der Waals surface area (Å²) in [5.74, 6) is 0.420. The van der Waals surface area contributed by atoms with E-state index in [0.717, 1.165) is 68.8 Å². The molecular weight excluding hydrogens is 417 g/mol. The molecular formula is C27H30FN3O2. The first-order valence-electron chi connectivity index (χ1n) is 12.0. The van der Waals surface area contributed by atoms with Gasteiger partial charge in [0.05, 0.1) is 5.69 Å². The van der Waals surface area contributed by atoms with E-state index in [9.17, 15) is 14.0 Å². The van der Waals surface area contributed by atoms with Crippen molar-refractivity contribution in [3.05, 3.63) is 65.5 Å². The number of rotatable bonds is 6. The monoisotopic (exact) mass is 447 g/mol. The van der Waals surface area contributed by atoms with Gasteiger partial charge in [-0.1, -0.05) is 12.1 Å². The van der Waals surface area contributed by atoms with Crippen molar-refractivity contribution in [1.82, 2.24) is 10.2 Å². The molecule has 0 aliphatic carbocycles. The summed E-state index contributed by atoms with van der Waals surface area (Å²) in [6.45, 7) is 3.62. The first-order chi connectivity index (χ1) is 16.1. The summed E-state index contributed by atoms with van der Waals surface area (Å²) in [6.07, 6.45) is 4.25. The summed E-state index contributed by atoms with van der Waals surface area (Å²) in [5, 5.41) is 3.52. The van der Waals surface area contributed by atoms with Gasteiger partial charge in [0.1, 0.15) is 5.82 Å². The highest BCUT2D eigenvalue weighted by molar-refractivity contribution is 6.06. The summed E-state index contributed by atoms with van der Waals surface area (Å²) in [4.78, 5) is 32.7. The summed E-state index contributed by atoms with van der Waals surface area (Å²) in [5.41, 5.74) is 3.29. The number of likely N-dealkylation sites (tertiary alicyclic amines) is 1. The van der Waals surface area contributed by atoms with E-state index >= 15 is 0 Å². The van der Waals surface area contributed by atoms with Crippen LogP contribution in [-0.2, 0) is 0 Å². The Hall–Kier alpha value is -2.70. The first kappa shape index (κ1) is 22.1. The van der Waals surface area contributed by atoms with E-state index in [1.54, 1.807) is 12.1 Å². The molecule has 3 aliphatic rings. The minimum atomic E-state index is -0.313. The van der Waals surface area contributed by atoms with Crippen LogP contribution in [0.15, 0.2) is 53.5 Å². The van der Waals surface area contributed by atoms with E-state index in [2.05, 4.69) is 10.2 Å². The van der Waals surface area contributed by atoms with Crippen LogP contribution >= 0.6 is 0 Å². The molecule has 3 heterocycles. The van der Waals surface area contributed by atoms with E-state index in [-0.39, 0.29) is 29.3 Å². The number of Topliss-reactive ketones (excluding diaryl/α,β-unsaturated/α-hetero) is 2. The average molecular weight is 448 g/mol. The fourth-order valence-electron chi connectivity index (χ4n) is 5.35. The lowest BCUT2D eigenvalue weighted by Crippen LogP contribution is -2.38. The molecule has 0 radical (unpaired) electrons. The van der Waals surface area contributed by atoms with Gasteiger partial charge in [-0.25, -0.2) is 4.39 Å². The molecule has 33 heavy (non-hydrogen) atoms. The van der Waals surface area contributed by atoms with Crippen LogP contribution in [0.1, 0.15) is 52.8 Å². The van der Waals surface area contributed by atoms with Gasteiger partial charge in [-0.05, 0) is 74.7 Å². The highest BCUT2D eigenvalue weighted by Gasteiger charge is 2.35. The standard InChI is InChI=1S/C27H30FN3O2/c28-21-7-5-19(6-8-21)26(32)15-18-9-12-31(13-10-18)14-11-24-25-16-20(17-29-25)27(33)22-3-1-2-4-23(22)30-24/h1-8,18,20,25,29H,9-17H2. The molecule has 1 N–H and O–H groups in total. The van der Waals surface area contributed by atoms with E-state index in [1.165, 1.54) is 12.1 Å². The lowest BCUT2D eigenvalue weighted by atomic mass is 9.89. The van der Waals surface area contributed by atoms with Crippen LogP contribution in [0.25, 0.3) is 0 Å². The Morgan fingerprint density at radius 3 is 2.64 bits per heavy atom. The van der Waals surface area contributed by atoms with Crippen molar-refractivity contribution in [2.45, 2.75) is 38.1 Å². The fourth-order valence-corrected chi connectivity index (χ4v) is 5.35. The molecule has 0 aromatic heterocycles. The second-order valence-electron chi connectivity index (χ2n) is 9.55. The second-order valence-corrected chi connectivity index (χ2v) is 9.55. The number of benzene rings is 2. The minimum absolute atomic E-state index is 0.0380. The number of ketones is 2. The van der Waals surface area contributed by atoms with Gasteiger partial charge in [-0.15, -0.1) is 0 Å². The molecule has 5 nitrogen and oxygen atoms in total. The highest BCUT2D eigenvalue weighted by Crippen LogP contribution is 2.31. The number of piperidine rings is 1. The normalized spacial score (nSPS) is 23.5. The summed E-state index contributed by atoms with van der Waals surface area (Å²) in [6, 6.07) is 13.7. The molecule has 0 amide bonds. The molecule has 2 fully saturated rings. The fraction of sp³-hybridized carbons (Fsp3) is 0.444. The highest BCUT2D eigenvalue weighted by atomic mass is 19.1. The number of carbonyl (C=O) groups excluding carboxylic acids is 2. The van der Waals surface area contributed by atoms with E-state index in [0.29, 0.717) is 17.9 Å². The van der Waals surface area contributed by atoms with Gasteiger partial charge in [-0.3, -0.25) is 14.6 Å². The molecule has 172 valence electrons. The Kier molecular flexibility index (Phi) is 6.47. The van der Waals surface area contributed by atoms with E-state index in [4.69, 9.17) is 4.99 Å². The third kappa shape index (κ3) is 4.97. The van der Waals surface area contributed by atoms with Crippen molar-refractivity contribution in [3.8, 4) is 0 Å². The maximum Gasteiger partial charge on any atom is 0.169 e. The maximum atomic E-state index is 13.1. The van der Waals surface area contributed by atoms with Crippen LogP contribution in [0.5, 0.6) is 0 Å². The Morgan fingerprint density at radius 1 is 1.09 bits per heavy atom. The molecule has 6 heteroatoms. The second kappa shape index (κ2) is 9.65. The zero-order valence-corrected chi connectivity index (χ0v) is 18.8. The third-order valence-electron chi connectivity index (χ3n) is 7.37. The number of para-hydroxylation sites is 1. The van der Waals surface area contributed by atoms with Crippen LogP contribution in [0.3, 0.4) is 0 Å². The van der Waals surface area contributed by atoms with Gasteiger partial charge in [0.15, 0.2) is 11.6 Å². The molecule has 5 rings (SSSR count). The quantitative estimate of drug-likeness (QED) is 0.665. The zero-order valence-electron chi connectivity index (χ0n) is 18.8. The van der Waals surface area contributed by atoms with Crippen molar-refractivity contribution >= 4 is 23.0 Å². The van der Waals surface area contributed by atoms with Gasteiger partial charge >= 0.3 is 0 Å². The number of aliphatic imine (C=N–C) groups is 1. The zero-order chi connectivity index (χ0) is 22.8. The van der Waals surface area contributed by atoms with E-state index < -0.39 is 0 Å². The molecule has 2 atom stereocenters. The maximum absolute atomic E-state index is 13.1. The minimum Gasteiger partial charge on any atom is -0.308 e. The SMILES string of the molecule is O=C(CC1CCN(CCC2=Nc3ccccc3C(=O)C3CNC2C3)CC1)c1ccc(F)cc1. The van der Waals surface area contributed by atoms with Gasteiger partial charge in [0.25, 0.3) is 0 Å². The van der Waals surface area contributed by atoms with Crippen molar-refractivity contribution in [2.75, 3.05) is 26.2 Å². The molecule has 0 spiro atoms. The Bertz CT molecular complexity index is 1060. The van der Waals surface area contributed by atoms with Crippen LogP contribution < -0.4 is 5.32 Å². The molecule has 2 unspecified atom stereocenters. The summed E-state index contributed by atoms with van der Waals surface area (Å²) in [7, 11) is 0. The van der Waals surface area contributed by atoms with Crippen molar-refractivity contribution < 1.29 is 14.0 Å². The van der Waals surface area contributed by atoms with Gasteiger partial charge in [-0.2, -0.15) is 0 Å². The summed E-state index contributed by atoms with van der Waals surface area (Å²) < 4.78 is 13.1. The van der Waals surface area contributed by atoms with Gasteiger partial charge < -0.3 is 10.2 Å². The topological polar surface area (TPSA) is 61.8 Å². The lowest BCUT2D eigenvalue weighted by molar-refractivity contribution is 0.0922. The van der Waals surface area contributed by atoms with Crippen LogP contribution in [0, 0.1) is 17.7 Å². The average Bonchev–Trinajstić information content (AvgIpc) is 3.33. The first-order valence-corrected chi connectivity index (χ1v) is 12.0. The summed E-state index contributed by atoms with van der Waals surface area (Å²) >= 11 is 0. The number of hydrogen-bond acceptors (Lipinski definition) is 5. The van der Waals surface area contributed by atoms with E-state index in [1.807, 2.05) is 24.3 Å². The molecule has 2 aromatic rings. The Balaban J connectivity index is 1.17. The smallest absolute Gasteiger partial charge is 0.169 e. The molecule has 3 aliphatic heterocycles. The number of carbonyl (C=O) groups is 2. The van der Waals surface area contributed by atoms with Crippen molar-refractivity contribution in [3.63, 3.8) is 0 Å². The van der Waals surface area contributed by atoms with Gasteiger partial charge in [0.2, 0.25) is 0 Å². The predicted octanol–water partition coefficient (Wildman–Crippen LogP) is 4.45. The number of halogens is 1. The largest absolute Gasteiger partial charge is 0.308 e. The van der Waals surface area contributed by atoms with Crippen LogP contribution in [0.2, 0.25) is 0 Å².